The van der Waals surface area contributed by atoms with Gasteiger partial charge in [0.05, 0.1) is 0 Å². The Morgan fingerprint density at radius 2 is 2.26 bits per heavy atom. The predicted molar refractivity (Wildman–Crippen MR) is 76.8 cm³/mol. The Morgan fingerprint density at radius 3 is 3.00 bits per heavy atom. The van der Waals surface area contributed by atoms with Crippen LogP contribution in [0.4, 0.5) is 5.69 Å². The highest BCUT2D eigenvalue weighted by molar-refractivity contribution is 5.66. The zero-order chi connectivity index (χ0) is 13.8. The van der Waals surface area contributed by atoms with Crippen molar-refractivity contribution in [2.45, 2.75) is 32.7 Å². The Bertz CT molecular complexity index is 459. The quantitative estimate of drug-likeness (QED) is 0.871. The summed E-state index contributed by atoms with van der Waals surface area (Å²) in [6.45, 7) is 7.01. The fourth-order valence-corrected chi connectivity index (χ4v) is 2.60. The number of anilines is 1. The number of piperazine rings is 1. The van der Waals surface area contributed by atoms with Crippen molar-refractivity contribution >= 4 is 11.7 Å². The van der Waals surface area contributed by atoms with Crippen molar-refractivity contribution in [2.24, 2.45) is 0 Å². The van der Waals surface area contributed by atoms with E-state index in [1.165, 1.54) is 16.8 Å². The van der Waals surface area contributed by atoms with E-state index < -0.39 is 5.97 Å². The van der Waals surface area contributed by atoms with Gasteiger partial charge in [0.15, 0.2) is 0 Å². The van der Waals surface area contributed by atoms with Gasteiger partial charge < -0.3 is 15.3 Å². The first-order valence-electron chi connectivity index (χ1n) is 6.83. The van der Waals surface area contributed by atoms with Gasteiger partial charge in [-0.1, -0.05) is 12.1 Å². The maximum absolute atomic E-state index is 10.7. The molecular formula is C15H22N2O2. The number of carboxylic acids is 1. The van der Waals surface area contributed by atoms with Crippen LogP contribution in [0.2, 0.25) is 0 Å². The topological polar surface area (TPSA) is 52.6 Å². The van der Waals surface area contributed by atoms with E-state index in [1.807, 2.05) is 0 Å². The van der Waals surface area contributed by atoms with Crippen molar-refractivity contribution in [1.29, 1.82) is 0 Å². The van der Waals surface area contributed by atoms with E-state index in [9.17, 15) is 4.79 Å². The van der Waals surface area contributed by atoms with Crippen LogP contribution >= 0.6 is 0 Å². The van der Waals surface area contributed by atoms with E-state index in [-0.39, 0.29) is 12.5 Å². The maximum Gasteiger partial charge on any atom is 0.303 e. The number of aliphatic carboxylic acids is 1. The van der Waals surface area contributed by atoms with Gasteiger partial charge in [-0.15, -0.1) is 0 Å². The first-order valence-corrected chi connectivity index (χ1v) is 6.83. The average molecular weight is 262 g/mol. The molecule has 104 valence electrons. The normalized spacial score (nSPS) is 19.5. The monoisotopic (exact) mass is 262 g/mol. The Labute approximate surface area is 114 Å². The second-order valence-corrected chi connectivity index (χ2v) is 5.32. The third-order valence-electron chi connectivity index (χ3n) is 3.67. The van der Waals surface area contributed by atoms with Crippen LogP contribution in [0.5, 0.6) is 0 Å². The molecular weight excluding hydrogens is 240 g/mol. The molecule has 0 spiro atoms. The van der Waals surface area contributed by atoms with Crippen molar-refractivity contribution in [3.63, 3.8) is 0 Å². The third-order valence-corrected chi connectivity index (χ3v) is 3.67. The second kappa shape index (κ2) is 6.06. The SMILES string of the molecule is Cc1ccc(C)c(N2CCNC(CCC(=O)O)C2)c1. The van der Waals surface area contributed by atoms with E-state index in [1.54, 1.807) is 0 Å². The molecule has 1 heterocycles. The molecule has 1 unspecified atom stereocenters. The molecule has 1 atom stereocenters. The largest absolute Gasteiger partial charge is 0.481 e. The molecule has 4 nitrogen and oxygen atoms in total. The van der Waals surface area contributed by atoms with Crippen LogP contribution in [-0.2, 0) is 4.79 Å². The van der Waals surface area contributed by atoms with Crippen molar-refractivity contribution < 1.29 is 9.90 Å². The van der Waals surface area contributed by atoms with E-state index >= 15 is 0 Å². The Balaban J connectivity index is 2.04. The van der Waals surface area contributed by atoms with Crippen molar-refractivity contribution in [3.8, 4) is 0 Å². The molecule has 1 aliphatic rings. The molecule has 0 radical (unpaired) electrons. The molecule has 1 aliphatic heterocycles. The summed E-state index contributed by atoms with van der Waals surface area (Å²) >= 11 is 0. The van der Waals surface area contributed by atoms with E-state index in [0.717, 1.165) is 19.6 Å². The van der Waals surface area contributed by atoms with Gasteiger partial charge in [-0.25, -0.2) is 0 Å². The lowest BCUT2D eigenvalue weighted by Gasteiger charge is -2.36. The highest BCUT2D eigenvalue weighted by Gasteiger charge is 2.21. The highest BCUT2D eigenvalue weighted by Crippen LogP contribution is 2.23. The average Bonchev–Trinajstić information content (AvgIpc) is 2.39. The van der Waals surface area contributed by atoms with Gasteiger partial charge in [0.2, 0.25) is 0 Å². The van der Waals surface area contributed by atoms with Crippen molar-refractivity contribution in [1.82, 2.24) is 5.32 Å². The molecule has 1 aromatic rings. The molecule has 0 saturated carbocycles. The van der Waals surface area contributed by atoms with Crippen LogP contribution in [0.1, 0.15) is 24.0 Å². The second-order valence-electron chi connectivity index (χ2n) is 5.32. The lowest BCUT2D eigenvalue weighted by molar-refractivity contribution is -0.137. The summed E-state index contributed by atoms with van der Waals surface area (Å²) in [5, 5.41) is 12.2. The number of hydrogen-bond acceptors (Lipinski definition) is 3. The lowest BCUT2D eigenvalue weighted by Crippen LogP contribution is -2.51. The third kappa shape index (κ3) is 3.70. The number of rotatable bonds is 4. The Hall–Kier alpha value is -1.55. The summed E-state index contributed by atoms with van der Waals surface area (Å²) in [4.78, 5) is 13.0. The number of hydrogen-bond donors (Lipinski definition) is 2. The maximum atomic E-state index is 10.7. The number of benzene rings is 1. The number of nitrogens with zero attached hydrogens (tertiary/aromatic N) is 1. The molecule has 1 saturated heterocycles. The van der Waals surface area contributed by atoms with Gasteiger partial charge in [-0.05, 0) is 37.5 Å². The zero-order valence-corrected chi connectivity index (χ0v) is 11.6. The smallest absolute Gasteiger partial charge is 0.303 e. The van der Waals surface area contributed by atoms with Crippen LogP contribution in [-0.4, -0.2) is 36.8 Å². The Morgan fingerprint density at radius 1 is 1.47 bits per heavy atom. The van der Waals surface area contributed by atoms with Gasteiger partial charge in [0.25, 0.3) is 0 Å². The molecule has 2 rings (SSSR count). The minimum Gasteiger partial charge on any atom is -0.481 e. The number of carboxylic acid groups (broad SMARTS) is 1. The Kier molecular flexibility index (Phi) is 4.43. The van der Waals surface area contributed by atoms with Crippen LogP contribution in [0.3, 0.4) is 0 Å². The van der Waals surface area contributed by atoms with Crippen LogP contribution < -0.4 is 10.2 Å². The minimum atomic E-state index is -0.717. The van der Waals surface area contributed by atoms with Crippen LogP contribution in [0.15, 0.2) is 18.2 Å². The molecule has 1 aromatic carbocycles. The number of nitrogens with one attached hydrogen (secondary N) is 1. The van der Waals surface area contributed by atoms with Crippen LogP contribution in [0.25, 0.3) is 0 Å². The molecule has 4 heteroatoms. The summed E-state index contributed by atoms with van der Waals surface area (Å²) < 4.78 is 0. The van der Waals surface area contributed by atoms with Crippen molar-refractivity contribution in [2.75, 3.05) is 24.5 Å². The summed E-state index contributed by atoms with van der Waals surface area (Å²) in [5.74, 6) is -0.717. The molecule has 19 heavy (non-hydrogen) atoms. The molecule has 1 fully saturated rings. The zero-order valence-electron chi connectivity index (χ0n) is 11.6. The summed E-state index contributed by atoms with van der Waals surface area (Å²) in [7, 11) is 0. The fraction of sp³-hybridized carbons (Fsp3) is 0.533. The van der Waals surface area contributed by atoms with Gasteiger partial charge in [0, 0.05) is 37.8 Å². The van der Waals surface area contributed by atoms with Gasteiger partial charge in [-0.2, -0.15) is 0 Å². The van der Waals surface area contributed by atoms with Gasteiger partial charge in [-0.3, -0.25) is 4.79 Å². The van der Waals surface area contributed by atoms with Crippen LogP contribution in [0, 0.1) is 13.8 Å². The van der Waals surface area contributed by atoms with Gasteiger partial charge >= 0.3 is 5.97 Å². The van der Waals surface area contributed by atoms with Gasteiger partial charge in [0.1, 0.15) is 0 Å². The fourth-order valence-electron chi connectivity index (χ4n) is 2.60. The molecule has 0 amide bonds. The van der Waals surface area contributed by atoms with E-state index in [0.29, 0.717) is 6.42 Å². The number of aryl methyl sites for hydroxylation is 2. The summed E-state index contributed by atoms with van der Waals surface area (Å²) in [6, 6.07) is 6.77. The summed E-state index contributed by atoms with van der Waals surface area (Å²) in [5.41, 5.74) is 3.83. The first kappa shape index (κ1) is 13.9. The predicted octanol–water partition coefficient (Wildman–Crippen LogP) is 1.95. The molecule has 2 N–H and O–H groups in total. The minimum absolute atomic E-state index is 0.234. The van der Waals surface area contributed by atoms with E-state index in [4.69, 9.17) is 5.11 Å². The highest BCUT2D eigenvalue weighted by atomic mass is 16.4. The molecule has 0 bridgehead atoms. The van der Waals surface area contributed by atoms with Crippen molar-refractivity contribution in [3.05, 3.63) is 29.3 Å². The summed E-state index contributed by atoms with van der Waals surface area (Å²) in [6.07, 6.45) is 0.926. The molecule has 0 aliphatic carbocycles. The molecule has 0 aromatic heterocycles. The first-order chi connectivity index (χ1) is 9.06. The standard InChI is InChI=1S/C15H22N2O2/c1-11-3-4-12(2)14(9-11)17-8-7-16-13(10-17)5-6-15(18)19/h3-4,9,13,16H,5-8,10H2,1-2H3,(H,18,19). The number of carbonyl (C=O) groups is 1. The van der Waals surface area contributed by atoms with E-state index in [2.05, 4.69) is 42.3 Å². The lowest BCUT2D eigenvalue weighted by atomic mass is 10.1.